The Labute approximate surface area is 260 Å². The number of sulfonamides is 1. The van der Waals surface area contributed by atoms with E-state index in [0.29, 0.717) is 18.7 Å². The number of alkyl halides is 2. The Morgan fingerprint density at radius 1 is 0.851 bits per heavy atom. The maximum Gasteiger partial charge on any atom is 0.355 e. The van der Waals surface area contributed by atoms with Crippen molar-refractivity contribution in [2.75, 3.05) is 11.4 Å². The lowest BCUT2D eigenvalue weighted by Crippen LogP contribution is -2.34. The maximum atomic E-state index is 15.7. The van der Waals surface area contributed by atoms with E-state index in [1.807, 2.05) is 0 Å². The van der Waals surface area contributed by atoms with E-state index >= 15 is 4.39 Å². The predicted molar refractivity (Wildman–Crippen MR) is 153 cm³/mol. The van der Waals surface area contributed by atoms with Gasteiger partial charge in [0, 0.05) is 7.05 Å². The average Bonchev–Trinajstić information content (AvgIpc) is 3.01. The molecule has 0 unspecified atom stereocenters. The van der Waals surface area contributed by atoms with Crippen molar-refractivity contribution in [2.24, 2.45) is 0 Å². The first-order chi connectivity index (χ1) is 22.0. The standard InChI is InChI=1S/C30H20F8N4O4S/c1-12(2)13-7-4-5-9-17(13)42-29-14(11-16(32)25(39-29)19-15(31)8-6-10-18(19)43)28(40-30(42)44)41(3)47(45,46)26-20(27(37)38)21(33)22(34)23(35)24(26)36/h4-12,27,43H,1-3H3. The Kier molecular flexibility index (Phi) is 8.47. The Morgan fingerprint density at radius 2 is 1.49 bits per heavy atom. The number of nitrogens with zero attached hydrogens (tertiary/aromatic N) is 4. The van der Waals surface area contributed by atoms with Gasteiger partial charge in [-0.1, -0.05) is 38.1 Å². The van der Waals surface area contributed by atoms with Gasteiger partial charge in [0.2, 0.25) is 0 Å². The molecule has 2 aromatic heterocycles. The summed E-state index contributed by atoms with van der Waals surface area (Å²) in [4.78, 5) is 19.1. The van der Waals surface area contributed by atoms with Crippen LogP contribution >= 0.6 is 0 Å². The Hall–Kier alpha value is -5.06. The van der Waals surface area contributed by atoms with Gasteiger partial charge in [-0.3, -0.25) is 4.31 Å². The summed E-state index contributed by atoms with van der Waals surface area (Å²) in [7, 11) is -5.37. The molecular weight excluding hydrogens is 664 g/mol. The van der Waals surface area contributed by atoms with Crippen molar-refractivity contribution < 1.29 is 48.6 Å². The molecule has 5 rings (SSSR count). The Bertz CT molecular complexity index is 2240. The molecule has 0 radical (unpaired) electrons. The van der Waals surface area contributed by atoms with Gasteiger partial charge in [0.1, 0.15) is 22.2 Å². The van der Waals surface area contributed by atoms with Crippen LogP contribution in [0, 0.1) is 34.9 Å². The van der Waals surface area contributed by atoms with Gasteiger partial charge >= 0.3 is 5.69 Å². The van der Waals surface area contributed by atoms with Crippen LogP contribution in [0.15, 0.2) is 58.2 Å². The minimum atomic E-state index is -5.89. The van der Waals surface area contributed by atoms with Crippen molar-refractivity contribution in [3.05, 3.63) is 105 Å². The average molecular weight is 685 g/mol. The highest BCUT2D eigenvalue weighted by Gasteiger charge is 2.40. The van der Waals surface area contributed by atoms with Crippen LogP contribution < -0.4 is 9.99 Å². The van der Waals surface area contributed by atoms with Crippen molar-refractivity contribution in [3.63, 3.8) is 0 Å². The fourth-order valence-corrected chi connectivity index (χ4v) is 6.40. The van der Waals surface area contributed by atoms with Crippen molar-refractivity contribution >= 4 is 26.9 Å². The molecule has 17 heteroatoms. The summed E-state index contributed by atoms with van der Waals surface area (Å²) in [5.41, 5.74) is -5.29. The molecule has 47 heavy (non-hydrogen) atoms. The van der Waals surface area contributed by atoms with Gasteiger partial charge in [0.05, 0.1) is 22.2 Å². The second kappa shape index (κ2) is 11.9. The van der Waals surface area contributed by atoms with Crippen LogP contribution in [0.4, 0.5) is 40.9 Å². The van der Waals surface area contributed by atoms with Crippen LogP contribution in [-0.2, 0) is 10.0 Å². The molecule has 8 nitrogen and oxygen atoms in total. The maximum absolute atomic E-state index is 15.7. The van der Waals surface area contributed by atoms with Crippen LogP contribution in [0.25, 0.3) is 28.0 Å². The lowest BCUT2D eigenvalue weighted by atomic mass is 10.0. The number of rotatable bonds is 7. The number of hydrogen-bond donors (Lipinski definition) is 1. The quantitative estimate of drug-likeness (QED) is 0.114. The lowest BCUT2D eigenvalue weighted by Gasteiger charge is -2.24. The molecule has 0 bridgehead atoms. The number of aromatic nitrogens is 3. The van der Waals surface area contributed by atoms with Crippen molar-refractivity contribution in [2.45, 2.75) is 31.1 Å². The number of phenols is 1. The van der Waals surface area contributed by atoms with E-state index in [-0.39, 0.29) is 15.9 Å². The predicted octanol–water partition coefficient (Wildman–Crippen LogP) is 6.87. The number of fused-ring (bicyclic) bond motifs is 1. The summed E-state index contributed by atoms with van der Waals surface area (Å²) in [6.07, 6.45) is -4.18. The molecule has 0 aliphatic heterocycles. The van der Waals surface area contributed by atoms with Crippen LogP contribution in [0.1, 0.15) is 37.3 Å². The van der Waals surface area contributed by atoms with Crippen LogP contribution in [0.2, 0.25) is 0 Å². The number of halogens is 8. The molecule has 1 N–H and O–H groups in total. The summed E-state index contributed by atoms with van der Waals surface area (Å²) in [5, 5.41) is 9.66. The SMILES string of the molecule is CC(C)c1ccccc1-n1c(=O)nc(N(C)S(=O)(=O)c2c(F)c(F)c(F)c(F)c2C(F)F)c2cc(F)c(-c3c(O)cccc3F)nc21. The summed E-state index contributed by atoms with van der Waals surface area (Å²) in [6, 6.07) is 9.69. The van der Waals surface area contributed by atoms with Gasteiger partial charge in [0.15, 0.2) is 40.6 Å². The van der Waals surface area contributed by atoms with Crippen molar-refractivity contribution in [1.82, 2.24) is 14.5 Å². The molecule has 0 fully saturated rings. The van der Waals surface area contributed by atoms with Crippen LogP contribution in [0.3, 0.4) is 0 Å². The highest BCUT2D eigenvalue weighted by Crippen LogP contribution is 2.39. The van der Waals surface area contributed by atoms with E-state index in [4.69, 9.17) is 0 Å². The monoisotopic (exact) mass is 684 g/mol. The molecule has 0 atom stereocenters. The van der Waals surface area contributed by atoms with Crippen LogP contribution in [0.5, 0.6) is 5.75 Å². The zero-order valence-corrected chi connectivity index (χ0v) is 25.0. The third kappa shape index (κ3) is 5.33. The zero-order chi connectivity index (χ0) is 34.7. The molecule has 0 aliphatic carbocycles. The number of aromatic hydroxyl groups is 1. The minimum Gasteiger partial charge on any atom is -0.507 e. The van der Waals surface area contributed by atoms with E-state index < -0.39 is 101 Å². The summed E-state index contributed by atoms with van der Waals surface area (Å²) in [5.74, 6) is -15.5. The molecule has 0 spiro atoms. The number of para-hydroxylation sites is 1. The molecule has 0 amide bonds. The number of anilines is 1. The van der Waals surface area contributed by atoms with E-state index in [2.05, 4.69) is 9.97 Å². The minimum absolute atomic E-state index is 0.0959. The normalized spacial score (nSPS) is 12.0. The highest BCUT2D eigenvalue weighted by molar-refractivity contribution is 7.92. The number of pyridine rings is 1. The second-order valence-corrected chi connectivity index (χ2v) is 12.3. The first-order valence-corrected chi connectivity index (χ1v) is 14.8. The van der Waals surface area contributed by atoms with Crippen molar-refractivity contribution in [3.8, 4) is 22.7 Å². The van der Waals surface area contributed by atoms with E-state index in [1.54, 1.807) is 26.0 Å². The number of hydrogen-bond acceptors (Lipinski definition) is 6. The summed E-state index contributed by atoms with van der Waals surface area (Å²) in [6.45, 7) is 3.50. The molecule has 0 saturated carbocycles. The molecule has 3 aromatic carbocycles. The van der Waals surface area contributed by atoms with Gasteiger partial charge in [-0.15, -0.1) is 0 Å². The Morgan fingerprint density at radius 3 is 2.11 bits per heavy atom. The van der Waals surface area contributed by atoms with E-state index in [9.17, 15) is 49.1 Å². The fourth-order valence-electron chi connectivity index (χ4n) is 4.99. The van der Waals surface area contributed by atoms with Gasteiger partial charge in [0.25, 0.3) is 16.4 Å². The molecular formula is C30H20F8N4O4S. The van der Waals surface area contributed by atoms with Crippen molar-refractivity contribution in [1.29, 1.82) is 0 Å². The molecule has 5 aromatic rings. The smallest absolute Gasteiger partial charge is 0.355 e. The topological polar surface area (TPSA) is 105 Å². The third-order valence-corrected chi connectivity index (χ3v) is 9.03. The largest absolute Gasteiger partial charge is 0.507 e. The van der Waals surface area contributed by atoms with Gasteiger partial charge in [-0.25, -0.2) is 57.9 Å². The zero-order valence-electron chi connectivity index (χ0n) is 24.2. The summed E-state index contributed by atoms with van der Waals surface area (Å²) >= 11 is 0. The number of phenolic OH excluding ortho intramolecular Hbond substituents is 1. The van der Waals surface area contributed by atoms with Gasteiger partial charge in [-0.05, 0) is 35.7 Å². The second-order valence-electron chi connectivity index (χ2n) is 10.4. The first kappa shape index (κ1) is 33.3. The number of benzene rings is 3. The first-order valence-electron chi connectivity index (χ1n) is 13.3. The molecule has 0 saturated heterocycles. The summed E-state index contributed by atoms with van der Waals surface area (Å²) < 4.78 is 143. The van der Waals surface area contributed by atoms with Gasteiger partial charge in [-0.2, -0.15) is 4.98 Å². The van der Waals surface area contributed by atoms with E-state index in [0.717, 1.165) is 22.8 Å². The lowest BCUT2D eigenvalue weighted by molar-refractivity contribution is 0.139. The fraction of sp³-hybridized carbons (Fsp3) is 0.167. The highest BCUT2D eigenvalue weighted by atomic mass is 32.2. The third-order valence-electron chi connectivity index (χ3n) is 7.22. The Balaban J connectivity index is 1.91. The van der Waals surface area contributed by atoms with E-state index in [1.165, 1.54) is 12.1 Å². The van der Waals surface area contributed by atoms with Crippen LogP contribution in [-0.4, -0.2) is 35.1 Å². The molecule has 0 aliphatic rings. The van der Waals surface area contributed by atoms with Gasteiger partial charge < -0.3 is 5.11 Å². The molecule has 2 heterocycles. The molecule has 246 valence electrons.